The van der Waals surface area contributed by atoms with Gasteiger partial charge in [0.25, 0.3) is 0 Å². The van der Waals surface area contributed by atoms with Gasteiger partial charge in [0.2, 0.25) is 0 Å². The van der Waals surface area contributed by atoms with Crippen LogP contribution in [0.15, 0.2) is 24.4 Å². The molecule has 0 aliphatic heterocycles. The second-order valence-electron chi connectivity index (χ2n) is 4.09. The lowest BCUT2D eigenvalue weighted by molar-refractivity contribution is -0.141. The van der Waals surface area contributed by atoms with Crippen LogP contribution in [0.3, 0.4) is 0 Å². The molecule has 2 heterocycles. The second-order valence-corrected chi connectivity index (χ2v) is 4.09. The van der Waals surface area contributed by atoms with Gasteiger partial charge in [0, 0.05) is 18.4 Å². The van der Waals surface area contributed by atoms with Gasteiger partial charge in [-0.05, 0) is 31.7 Å². The van der Waals surface area contributed by atoms with Gasteiger partial charge >= 0.3 is 6.18 Å². The molecule has 7 heteroatoms. The Labute approximate surface area is 108 Å². The molecule has 2 aromatic rings. The highest BCUT2D eigenvalue weighted by Gasteiger charge is 2.33. The number of rotatable bonds is 3. The number of hydrogen-bond donors (Lipinski definition) is 1. The molecule has 0 radical (unpaired) electrons. The van der Waals surface area contributed by atoms with Crippen molar-refractivity contribution in [2.24, 2.45) is 0 Å². The Morgan fingerprint density at radius 1 is 1.26 bits per heavy atom. The highest BCUT2D eigenvalue weighted by atomic mass is 19.4. The number of nitrogens with zero attached hydrogens (tertiary/aromatic N) is 3. The molecule has 0 saturated carbocycles. The zero-order chi connectivity index (χ0) is 14.0. The number of nitrogens with one attached hydrogen (secondary N) is 1. The number of aromatic nitrogens is 3. The van der Waals surface area contributed by atoms with Gasteiger partial charge in [0.15, 0.2) is 11.5 Å². The quantitative estimate of drug-likeness (QED) is 0.930. The predicted molar refractivity (Wildman–Crippen MR) is 63.9 cm³/mol. The summed E-state index contributed by atoms with van der Waals surface area (Å²) < 4.78 is 38.5. The molecule has 4 nitrogen and oxygen atoms in total. The highest BCUT2D eigenvalue weighted by Crippen LogP contribution is 2.27. The van der Waals surface area contributed by atoms with Crippen LogP contribution in [0.4, 0.5) is 13.2 Å². The topological polar surface area (TPSA) is 42.7 Å². The fourth-order valence-corrected chi connectivity index (χ4v) is 1.68. The van der Waals surface area contributed by atoms with Crippen molar-refractivity contribution >= 4 is 0 Å². The molecule has 0 bridgehead atoms. The maximum Gasteiger partial charge on any atom is 0.435 e. The van der Waals surface area contributed by atoms with Gasteiger partial charge in [-0.3, -0.25) is 0 Å². The lowest BCUT2D eigenvalue weighted by Gasteiger charge is -2.07. The summed E-state index contributed by atoms with van der Waals surface area (Å²) >= 11 is 0. The van der Waals surface area contributed by atoms with E-state index in [-0.39, 0.29) is 0 Å². The molecule has 0 amide bonds. The fraction of sp³-hybridized carbons (Fsp3) is 0.333. The van der Waals surface area contributed by atoms with E-state index in [0.717, 1.165) is 22.0 Å². The van der Waals surface area contributed by atoms with E-state index in [1.165, 1.54) is 6.20 Å². The van der Waals surface area contributed by atoms with Gasteiger partial charge in [-0.2, -0.15) is 18.3 Å². The molecule has 1 N–H and O–H groups in total. The van der Waals surface area contributed by atoms with E-state index in [1.807, 2.05) is 20.0 Å². The number of halogens is 3. The zero-order valence-corrected chi connectivity index (χ0v) is 10.5. The van der Waals surface area contributed by atoms with E-state index in [0.29, 0.717) is 12.4 Å². The molecule has 0 aromatic carbocycles. The molecule has 19 heavy (non-hydrogen) atoms. The minimum atomic E-state index is -4.44. The number of alkyl halides is 3. The molecular formula is C12H13F3N4. The molecule has 0 spiro atoms. The van der Waals surface area contributed by atoms with Crippen molar-refractivity contribution in [1.82, 2.24) is 20.1 Å². The number of hydrogen-bond acceptors (Lipinski definition) is 3. The third kappa shape index (κ3) is 2.93. The molecule has 0 fully saturated rings. The minimum Gasteiger partial charge on any atom is -0.316 e. The van der Waals surface area contributed by atoms with Crippen LogP contribution in [0.25, 0.3) is 5.82 Å². The van der Waals surface area contributed by atoms with E-state index in [2.05, 4.69) is 15.4 Å². The predicted octanol–water partition coefficient (Wildman–Crippen LogP) is 2.31. The van der Waals surface area contributed by atoms with Crippen molar-refractivity contribution in [1.29, 1.82) is 0 Å². The standard InChI is InChI=1S/C12H13F3N4/c1-8-9(7-16-2)3-4-11(17-8)19-6-5-10(18-19)12(13,14)15/h3-6,16H,7H2,1-2H3. The van der Waals surface area contributed by atoms with Crippen molar-refractivity contribution in [3.63, 3.8) is 0 Å². The summed E-state index contributed by atoms with van der Waals surface area (Å²) in [7, 11) is 1.82. The van der Waals surface area contributed by atoms with Crippen molar-refractivity contribution < 1.29 is 13.2 Å². The van der Waals surface area contributed by atoms with E-state index in [4.69, 9.17) is 0 Å². The normalized spacial score (nSPS) is 11.8. The van der Waals surface area contributed by atoms with Crippen molar-refractivity contribution in [3.05, 3.63) is 41.3 Å². The van der Waals surface area contributed by atoms with Gasteiger partial charge in [-0.1, -0.05) is 6.07 Å². The number of pyridine rings is 1. The Kier molecular flexibility index (Phi) is 3.57. The average Bonchev–Trinajstić information content (AvgIpc) is 2.81. The summed E-state index contributed by atoms with van der Waals surface area (Å²) in [5.41, 5.74) is 0.830. The van der Waals surface area contributed by atoms with Crippen LogP contribution >= 0.6 is 0 Å². The summed E-state index contributed by atoms with van der Waals surface area (Å²) in [4.78, 5) is 4.25. The monoisotopic (exact) mass is 270 g/mol. The maximum atomic E-state index is 12.5. The SMILES string of the molecule is CNCc1ccc(-n2ccc(C(F)(F)F)n2)nc1C. The fourth-order valence-electron chi connectivity index (χ4n) is 1.68. The van der Waals surface area contributed by atoms with Crippen molar-refractivity contribution in [2.75, 3.05) is 7.05 Å². The van der Waals surface area contributed by atoms with Crippen LogP contribution < -0.4 is 5.32 Å². The van der Waals surface area contributed by atoms with Gasteiger partial charge in [0.05, 0.1) is 0 Å². The first kappa shape index (κ1) is 13.5. The average molecular weight is 270 g/mol. The Balaban J connectivity index is 2.32. The van der Waals surface area contributed by atoms with Gasteiger partial charge < -0.3 is 5.32 Å². The van der Waals surface area contributed by atoms with E-state index >= 15 is 0 Å². The van der Waals surface area contributed by atoms with Crippen LogP contribution in [0.5, 0.6) is 0 Å². The number of aryl methyl sites for hydroxylation is 1. The van der Waals surface area contributed by atoms with Crippen LogP contribution in [-0.2, 0) is 12.7 Å². The Hall–Kier alpha value is -1.89. The minimum absolute atomic E-state index is 0.368. The molecule has 102 valence electrons. The van der Waals surface area contributed by atoms with Crippen LogP contribution in [0.2, 0.25) is 0 Å². The van der Waals surface area contributed by atoms with Gasteiger partial charge in [-0.15, -0.1) is 0 Å². The summed E-state index contributed by atoms with van der Waals surface area (Å²) in [5, 5.41) is 6.48. The molecule has 2 aromatic heterocycles. The third-order valence-corrected chi connectivity index (χ3v) is 2.66. The van der Waals surface area contributed by atoms with Crippen LogP contribution in [-0.4, -0.2) is 21.8 Å². The Morgan fingerprint density at radius 2 is 2.00 bits per heavy atom. The van der Waals surface area contributed by atoms with E-state index < -0.39 is 11.9 Å². The lowest BCUT2D eigenvalue weighted by Crippen LogP contribution is -2.10. The smallest absolute Gasteiger partial charge is 0.316 e. The summed E-state index contributed by atoms with van der Waals surface area (Å²) in [5.74, 6) is 0.368. The Morgan fingerprint density at radius 3 is 2.53 bits per heavy atom. The first-order valence-corrected chi connectivity index (χ1v) is 5.66. The molecular weight excluding hydrogens is 257 g/mol. The van der Waals surface area contributed by atoms with Crippen molar-refractivity contribution in [3.8, 4) is 5.82 Å². The summed E-state index contributed by atoms with van der Waals surface area (Å²) in [6, 6.07) is 4.40. The van der Waals surface area contributed by atoms with Crippen molar-refractivity contribution in [2.45, 2.75) is 19.6 Å². The van der Waals surface area contributed by atoms with Crippen LogP contribution in [0.1, 0.15) is 17.0 Å². The third-order valence-electron chi connectivity index (χ3n) is 2.66. The van der Waals surface area contributed by atoms with E-state index in [9.17, 15) is 13.2 Å². The highest BCUT2D eigenvalue weighted by molar-refractivity contribution is 5.30. The first-order chi connectivity index (χ1) is 8.91. The van der Waals surface area contributed by atoms with E-state index in [1.54, 1.807) is 6.07 Å². The Bertz CT molecular complexity index is 575. The molecule has 0 unspecified atom stereocenters. The van der Waals surface area contributed by atoms with Crippen LogP contribution in [0, 0.1) is 6.92 Å². The molecule has 0 saturated heterocycles. The molecule has 0 aliphatic carbocycles. The molecule has 0 atom stereocenters. The lowest BCUT2D eigenvalue weighted by atomic mass is 10.2. The molecule has 2 rings (SSSR count). The zero-order valence-electron chi connectivity index (χ0n) is 10.5. The van der Waals surface area contributed by atoms with Gasteiger partial charge in [0.1, 0.15) is 0 Å². The maximum absolute atomic E-state index is 12.5. The summed E-state index contributed by atoms with van der Waals surface area (Å²) in [6.45, 7) is 2.47. The largest absolute Gasteiger partial charge is 0.435 e. The van der Waals surface area contributed by atoms with Gasteiger partial charge in [-0.25, -0.2) is 9.67 Å². The first-order valence-electron chi connectivity index (χ1n) is 5.66. The molecule has 0 aliphatic rings. The second kappa shape index (κ2) is 5.00. The summed E-state index contributed by atoms with van der Waals surface area (Å²) in [6.07, 6.45) is -3.19.